The summed E-state index contributed by atoms with van der Waals surface area (Å²) in [5.41, 5.74) is 2.00. The van der Waals surface area contributed by atoms with Gasteiger partial charge in [-0.05, 0) is 32.3 Å². The van der Waals surface area contributed by atoms with Crippen molar-refractivity contribution in [3.05, 3.63) is 17.5 Å². The van der Waals surface area contributed by atoms with Crippen LogP contribution in [-0.4, -0.2) is 22.4 Å². The summed E-state index contributed by atoms with van der Waals surface area (Å²) in [7, 11) is 0. The van der Waals surface area contributed by atoms with Gasteiger partial charge < -0.3 is 5.32 Å². The molecule has 1 atom stereocenters. The molecular formula is C12H20ClN3. The molecule has 1 unspecified atom stereocenters. The molecular weight excluding hydrogens is 222 g/mol. The Labute approximate surface area is 103 Å². The second-order valence-electron chi connectivity index (χ2n) is 4.11. The average molecular weight is 242 g/mol. The number of aromatic nitrogens is 2. The Hall–Kier alpha value is -0.830. The smallest absolute Gasteiger partial charge is 0.223 e. The molecule has 16 heavy (non-hydrogen) atoms. The van der Waals surface area contributed by atoms with Crippen LogP contribution in [0.5, 0.6) is 0 Å². The van der Waals surface area contributed by atoms with Crippen LogP contribution in [0, 0.1) is 19.8 Å². The number of nitrogens with zero attached hydrogens (tertiary/aromatic N) is 2. The van der Waals surface area contributed by atoms with E-state index < -0.39 is 0 Å². The first-order chi connectivity index (χ1) is 7.65. The maximum absolute atomic E-state index is 5.75. The Morgan fingerprint density at radius 2 is 1.94 bits per heavy atom. The number of alkyl halides is 1. The van der Waals surface area contributed by atoms with Crippen molar-refractivity contribution in [3.63, 3.8) is 0 Å². The average Bonchev–Trinajstić information content (AvgIpc) is 2.23. The summed E-state index contributed by atoms with van der Waals surface area (Å²) in [6.07, 6.45) is 2.17. The van der Waals surface area contributed by atoms with Crippen molar-refractivity contribution in [2.75, 3.05) is 17.7 Å². The summed E-state index contributed by atoms with van der Waals surface area (Å²) in [6, 6.07) is 1.97. The molecule has 0 bridgehead atoms. The first kappa shape index (κ1) is 13.2. The summed E-state index contributed by atoms with van der Waals surface area (Å²) in [4.78, 5) is 8.69. The maximum Gasteiger partial charge on any atom is 0.223 e. The fraction of sp³-hybridized carbons (Fsp3) is 0.667. The number of nitrogens with one attached hydrogen (secondary N) is 1. The van der Waals surface area contributed by atoms with Gasteiger partial charge in [0.1, 0.15) is 0 Å². The van der Waals surface area contributed by atoms with Gasteiger partial charge in [0, 0.05) is 23.8 Å². The molecule has 1 N–H and O–H groups in total. The maximum atomic E-state index is 5.75. The van der Waals surface area contributed by atoms with Gasteiger partial charge >= 0.3 is 0 Å². The molecule has 90 valence electrons. The summed E-state index contributed by atoms with van der Waals surface area (Å²) < 4.78 is 0. The van der Waals surface area contributed by atoms with Gasteiger partial charge in [0.25, 0.3) is 0 Å². The SMILES string of the molecule is CCC(CCCl)CNc1nc(C)cc(C)n1. The molecule has 1 rings (SSSR count). The first-order valence-corrected chi connectivity index (χ1v) is 6.31. The molecule has 0 aliphatic rings. The lowest BCUT2D eigenvalue weighted by molar-refractivity contribution is 0.520. The van der Waals surface area contributed by atoms with Crippen molar-refractivity contribution < 1.29 is 0 Å². The molecule has 0 radical (unpaired) electrons. The van der Waals surface area contributed by atoms with Crippen LogP contribution in [0.1, 0.15) is 31.2 Å². The van der Waals surface area contributed by atoms with E-state index in [1.165, 1.54) is 0 Å². The van der Waals surface area contributed by atoms with Crippen LogP contribution in [0.25, 0.3) is 0 Å². The van der Waals surface area contributed by atoms with Gasteiger partial charge in [0.15, 0.2) is 0 Å². The van der Waals surface area contributed by atoms with Gasteiger partial charge in [0.05, 0.1) is 0 Å². The van der Waals surface area contributed by atoms with Crippen molar-refractivity contribution in [2.24, 2.45) is 5.92 Å². The van der Waals surface area contributed by atoms with Crippen molar-refractivity contribution in [1.82, 2.24) is 9.97 Å². The molecule has 1 aromatic heterocycles. The van der Waals surface area contributed by atoms with Gasteiger partial charge in [-0.1, -0.05) is 13.3 Å². The lowest BCUT2D eigenvalue weighted by Gasteiger charge is -2.14. The van der Waals surface area contributed by atoms with Crippen molar-refractivity contribution in [2.45, 2.75) is 33.6 Å². The number of hydrogen-bond acceptors (Lipinski definition) is 3. The monoisotopic (exact) mass is 241 g/mol. The summed E-state index contributed by atoms with van der Waals surface area (Å²) in [5.74, 6) is 2.04. The minimum atomic E-state index is 0.599. The van der Waals surface area contributed by atoms with E-state index in [1.807, 2.05) is 19.9 Å². The zero-order valence-corrected chi connectivity index (χ0v) is 11.0. The number of halogens is 1. The third kappa shape index (κ3) is 4.35. The van der Waals surface area contributed by atoms with E-state index in [4.69, 9.17) is 11.6 Å². The van der Waals surface area contributed by atoms with Crippen LogP contribution in [0.2, 0.25) is 0 Å². The molecule has 0 saturated heterocycles. The molecule has 0 fully saturated rings. The predicted molar refractivity (Wildman–Crippen MR) is 69.1 cm³/mol. The Bertz CT molecular complexity index is 308. The first-order valence-electron chi connectivity index (χ1n) is 5.77. The van der Waals surface area contributed by atoms with Gasteiger partial charge in [-0.2, -0.15) is 0 Å². The molecule has 4 heteroatoms. The summed E-state index contributed by atoms with van der Waals surface area (Å²) in [5, 5.41) is 3.28. The van der Waals surface area contributed by atoms with Crippen LogP contribution in [0.15, 0.2) is 6.07 Å². The highest BCUT2D eigenvalue weighted by molar-refractivity contribution is 6.17. The fourth-order valence-electron chi connectivity index (χ4n) is 1.65. The van der Waals surface area contributed by atoms with Gasteiger partial charge in [0.2, 0.25) is 5.95 Å². The lowest BCUT2D eigenvalue weighted by atomic mass is 10.0. The van der Waals surface area contributed by atoms with E-state index in [0.717, 1.165) is 36.7 Å². The van der Waals surface area contributed by atoms with Crippen molar-refractivity contribution in [1.29, 1.82) is 0 Å². The van der Waals surface area contributed by atoms with Gasteiger partial charge in [-0.3, -0.25) is 0 Å². The third-order valence-corrected chi connectivity index (χ3v) is 2.84. The normalized spacial score (nSPS) is 12.5. The van der Waals surface area contributed by atoms with Crippen LogP contribution < -0.4 is 5.32 Å². The number of anilines is 1. The highest BCUT2D eigenvalue weighted by Crippen LogP contribution is 2.11. The highest BCUT2D eigenvalue weighted by atomic mass is 35.5. The zero-order valence-electron chi connectivity index (χ0n) is 10.3. The van der Waals surface area contributed by atoms with E-state index in [9.17, 15) is 0 Å². The Morgan fingerprint density at radius 3 is 2.44 bits per heavy atom. The van der Waals surface area contributed by atoms with E-state index in [0.29, 0.717) is 11.8 Å². The molecule has 0 spiro atoms. The lowest BCUT2D eigenvalue weighted by Crippen LogP contribution is -2.16. The van der Waals surface area contributed by atoms with Gasteiger partial charge in [-0.15, -0.1) is 11.6 Å². The predicted octanol–water partition coefficient (Wildman–Crippen LogP) is 3.16. The quantitative estimate of drug-likeness (QED) is 0.778. The molecule has 0 saturated carbocycles. The molecule has 1 heterocycles. The number of rotatable bonds is 6. The van der Waals surface area contributed by atoms with E-state index in [2.05, 4.69) is 22.2 Å². The van der Waals surface area contributed by atoms with Gasteiger partial charge in [-0.25, -0.2) is 9.97 Å². The minimum Gasteiger partial charge on any atom is -0.354 e. The standard InChI is InChI=1S/C12H20ClN3/c1-4-11(5-6-13)8-14-12-15-9(2)7-10(3)16-12/h7,11H,4-6,8H2,1-3H3,(H,14,15,16). The van der Waals surface area contributed by atoms with Crippen LogP contribution >= 0.6 is 11.6 Å². The van der Waals surface area contributed by atoms with Crippen molar-refractivity contribution >= 4 is 17.5 Å². The highest BCUT2D eigenvalue weighted by Gasteiger charge is 2.06. The zero-order chi connectivity index (χ0) is 12.0. The van der Waals surface area contributed by atoms with E-state index >= 15 is 0 Å². The second-order valence-corrected chi connectivity index (χ2v) is 4.49. The molecule has 0 amide bonds. The van der Waals surface area contributed by atoms with Crippen LogP contribution in [0.3, 0.4) is 0 Å². The number of aryl methyl sites for hydroxylation is 2. The molecule has 0 aliphatic heterocycles. The Kier molecular flexibility index (Phi) is 5.53. The fourth-order valence-corrected chi connectivity index (χ4v) is 1.95. The second kappa shape index (κ2) is 6.69. The van der Waals surface area contributed by atoms with Crippen LogP contribution in [0.4, 0.5) is 5.95 Å². The topological polar surface area (TPSA) is 37.8 Å². The Morgan fingerprint density at radius 1 is 1.31 bits per heavy atom. The van der Waals surface area contributed by atoms with E-state index in [-0.39, 0.29) is 0 Å². The summed E-state index contributed by atoms with van der Waals surface area (Å²) >= 11 is 5.75. The van der Waals surface area contributed by atoms with Crippen LogP contribution in [-0.2, 0) is 0 Å². The molecule has 1 aromatic rings. The van der Waals surface area contributed by atoms with E-state index in [1.54, 1.807) is 0 Å². The molecule has 3 nitrogen and oxygen atoms in total. The molecule has 0 aromatic carbocycles. The Balaban J connectivity index is 2.52. The largest absolute Gasteiger partial charge is 0.354 e. The number of hydrogen-bond donors (Lipinski definition) is 1. The third-order valence-electron chi connectivity index (χ3n) is 2.63. The summed E-state index contributed by atoms with van der Waals surface area (Å²) in [6.45, 7) is 7.04. The van der Waals surface area contributed by atoms with Crippen molar-refractivity contribution in [3.8, 4) is 0 Å². The molecule has 0 aliphatic carbocycles. The minimum absolute atomic E-state index is 0.599.